The van der Waals surface area contributed by atoms with E-state index in [1.54, 1.807) is 0 Å². The maximum atomic E-state index is 5.66. The number of nitrogens with zero attached hydrogens (tertiary/aromatic N) is 2. The number of rotatable bonds is 2. The van der Waals surface area contributed by atoms with Gasteiger partial charge in [-0.25, -0.2) is 0 Å². The van der Waals surface area contributed by atoms with Gasteiger partial charge in [-0.15, -0.1) is 12.8 Å². The maximum Gasteiger partial charge on any atom is 0.0701 e. The van der Waals surface area contributed by atoms with Gasteiger partial charge in [-0.3, -0.25) is 9.80 Å². The molecular weight excluding hydrogens is 268 g/mol. The molecule has 1 fully saturated rings. The lowest BCUT2D eigenvalue weighted by molar-refractivity contribution is 0.0343. The Morgan fingerprint density at radius 3 is 1.29 bits per heavy atom. The summed E-state index contributed by atoms with van der Waals surface area (Å²) in [6.45, 7) is 8.38. The van der Waals surface area contributed by atoms with Gasteiger partial charge in [0.1, 0.15) is 0 Å². The summed E-state index contributed by atoms with van der Waals surface area (Å²) in [5.41, 5.74) is 0. The van der Waals surface area contributed by atoms with E-state index in [2.05, 4.69) is 21.6 Å². The van der Waals surface area contributed by atoms with Crippen LogP contribution in [0.4, 0.5) is 0 Å². The van der Waals surface area contributed by atoms with Crippen molar-refractivity contribution in [1.82, 2.24) is 9.80 Å². The zero-order valence-electron chi connectivity index (χ0n) is 12.8. The first-order chi connectivity index (χ1) is 10.4. The molecule has 0 amide bonds. The summed E-state index contributed by atoms with van der Waals surface area (Å²) < 4.78 is 16.7. The van der Waals surface area contributed by atoms with Crippen molar-refractivity contribution < 1.29 is 14.2 Å². The highest BCUT2D eigenvalue weighted by Crippen LogP contribution is 1.93. The predicted octanol–water partition coefficient (Wildman–Crippen LogP) is -0.0798. The van der Waals surface area contributed by atoms with Crippen LogP contribution in [0, 0.1) is 24.7 Å². The van der Waals surface area contributed by atoms with Crippen molar-refractivity contribution >= 4 is 0 Å². The first-order valence-electron chi connectivity index (χ1n) is 7.41. The Morgan fingerprint density at radius 1 is 0.619 bits per heavy atom. The second-order valence-corrected chi connectivity index (χ2v) is 4.80. The molecular formula is C16H26N2O3. The summed E-state index contributed by atoms with van der Waals surface area (Å²) >= 11 is 0. The largest absolute Gasteiger partial charge is 0.379 e. The second kappa shape index (κ2) is 12.6. The summed E-state index contributed by atoms with van der Waals surface area (Å²) in [5.74, 6) is 5.33. The lowest BCUT2D eigenvalue weighted by Gasteiger charge is -2.21. The van der Waals surface area contributed by atoms with E-state index in [-0.39, 0.29) is 0 Å². The molecule has 1 aliphatic rings. The van der Waals surface area contributed by atoms with Crippen molar-refractivity contribution in [3.05, 3.63) is 0 Å². The Labute approximate surface area is 128 Å². The third-order valence-corrected chi connectivity index (χ3v) is 3.21. The minimum atomic E-state index is 0.607. The fraction of sp³-hybridized carbons (Fsp3) is 0.750. The van der Waals surface area contributed by atoms with Crippen LogP contribution in [0.15, 0.2) is 0 Å². The van der Waals surface area contributed by atoms with Crippen LogP contribution >= 0.6 is 0 Å². The Hall–Kier alpha value is -1.08. The number of hydrogen-bond acceptors (Lipinski definition) is 5. The van der Waals surface area contributed by atoms with Crippen molar-refractivity contribution in [2.45, 2.75) is 0 Å². The summed E-state index contributed by atoms with van der Waals surface area (Å²) in [6, 6.07) is 0. The van der Waals surface area contributed by atoms with Gasteiger partial charge in [0.2, 0.25) is 0 Å². The van der Waals surface area contributed by atoms with Crippen LogP contribution < -0.4 is 0 Å². The highest BCUT2D eigenvalue weighted by atomic mass is 16.5. The topological polar surface area (TPSA) is 34.2 Å². The molecule has 0 aliphatic carbocycles. The zero-order valence-corrected chi connectivity index (χ0v) is 12.8. The highest BCUT2D eigenvalue weighted by Gasteiger charge is 2.06. The second-order valence-electron chi connectivity index (χ2n) is 4.80. The molecule has 0 unspecified atom stereocenters. The average molecular weight is 294 g/mol. The van der Waals surface area contributed by atoms with Crippen LogP contribution in [0.25, 0.3) is 0 Å². The van der Waals surface area contributed by atoms with E-state index < -0.39 is 0 Å². The summed E-state index contributed by atoms with van der Waals surface area (Å²) in [4.78, 5) is 4.30. The standard InChI is InChI=1S/C16H26N2O3/c1-3-5-17-7-11-19-12-8-18(6-4-2)10-14-21-16-15-20-13-9-17/h1-2H,5-16H2. The molecule has 21 heavy (non-hydrogen) atoms. The van der Waals surface area contributed by atoms with Crippen molar-refractivity contribution in [3.8, 4) is 24.7 Å². The molecule has 0 aromatic rings. The third-order valence-electron chi connectivity index (χ3n) is 3.21. The van der Waals surface area contributed by atoms with E-state index in [0.717, 1.165) is 26.2 Å². The van der Waals surface area contributed by atoms with Crippen LogP contribution in [-0.2, 0) is 14.2 Å². The molecule has 0 N–H and O–H groups in total. The monoisotopic (exact) mass is 294 g/mol. The number of hydrogen-bond donors (Lipinski definition) is 0. The Kier molecular flexibility index (Phi) is 10.8. The van der Waals surface area contributed by atoms with Crippen molar-refractivity contribution in [2.24, 2.45) is 0 Å². The van der Waals surface area contributed by atoms with Crippen LogP contribution in [0.2, 0.25) is 0 Å². The lowest BCUT2D eigenvalue weighted by Crippen LogP contribution is -2.33. The molecule has 0 radical (unpaired) electrons. The van der Waals surface area contributed by atoms with Gasteiger partial charge >= 0.3 is 0 Å². The van der Waals surface area contributed by atoms with E-state index in [9.17, 15) is 0 Å². The number of terminal acetylenes is 2. The smallest absolute Gasteiger partial charge is 0.0701 e. The minimum Gasteiger partial charge on any atom is -0.379 e. The van der Waals surface area contributed by atoms with Crippen molar-refractivity contribution in [1.29, 1.82) is 0 Å². The molecule has 0 spiro atoms. The first-order valence-corrected chi connectivity index (χ1v) is 7.41. The fourth-order valence-electron chi connectivity index (χ4n) is 2.00. The average Bonchev–Trinajstić information content (AvgIpc) is 2.49. The molecule has 1 heterocycles. The van der Waals surface area contributed by atoms with Gasteiger partial charge in [0.05, 0.1) is 52.7 Å². The molecule has 1 saturated heterocycles. The zero-order chi connectivity index (χ0) is 15.2. The molecule has 1 rings (SSSR count). The van der Waals surface area contributed by atoms with Crippen molar-refractivity contribution in [3.63, 3.8) is 0 Å². The van der Waals surface area contributed by atoms with E-state index in [1.165, 1.54) is 0 Å². The van der Waals surface area contributed by atoms with Crippen LogP contribution in [0.1, 0.15) is 0 Å². The van der Waals surface area contributed by atoms with E-state index in [1.807, 2.05) is 0 Å². The normalized spacial score (nSPS) is 21.6. The van der Waals surface area contributed by atoms with Gasteiger partial charge in [0.15, 0.2) is 0 Å². The van der Waals surface area contributed by atoms with Gasteiger partial charge < -0.3 is 14.2 Å². The predicted molar refractivity (Wildman–Crippen MR) is 83.0 cm³/mol. The molecule has 5 heteroatoms. The SMILES string of the molecule is C#CCN1CCOCCOCCN(CC#C)CCOCC1. The maximum absolute atomic E-state index is 5.66. The molecule has 0 saturated carbocycles. The molecule has 5 nitrogen and oxygen atoms in total. The van der Waals surface area contributed by atoms with Gasteiger partial charge in [-0.1, -0.05) is 11.8 Å². The fourth-order valence-corrected chi connectivity index (χ4v) is 2.00. The van der Waals surface area contributed by atoms with E-state index in [0.29, 0.717) is 52.7 Å². The van der Waals surface area contributed by atoms with Gasteiger partial charge in [0.25, 0.3) is 0 Å². The number of ether oxygens (including phenoxy) is 3. The molecule has 0 bridgehead atoms. The lowest BCUT2D eigenvalue weighted by atomic mass is 10.4. The van der Waals surface area contributed by atoms with Gasteiger partial charge in [-0.05, 0) is 0 Å². The summed E-state index contributed by atoms with van der Waals surface area (Å²) in [7, 11) is 0. The highest BCUT2D eigenvalue weighted by molar-refractivity contribution is 4.88. The molecule has 0 atom stereocenters. The molecule has 1 aliphatic heterocycles. The quantitative estimate of drug-likeness (QED) is 0.666. The molecule has 0 aromatic carbocycles. The first kappa shape index (κ1) is 18.0. The third kappa shape index (κ3) is 9.47. The molecule has 118 valence electrons. The van der Waals surface area contributed by atoms with Gasteiger partial charge in [0, 0.05) is 26.2 Å². The van der Waals surface area contributed by atoms with Crippen LogP contribution in [0.3, 0.4) is 0 Å². The Bertz CT molecular complexity index is 303. The van der Waals surface area contributed by atoms with E-state index >= 15 is 0 Å². The van der Waals surface area contributed by atoms with Crippen molar-refractivity contribution in [2.75, 3.05) is 78.9 Å². The van der Waals surface area contributed by atoms with Crippen LogP contribution in [-0.4, -0.2) is 88.7 Å². The van der Waals surface area contributed by atoms with Crippen LogP contribution in [0.5, 0.6) is 0 Å². The molecule has 0 aromatic heterocycles. The Balaban J connectivity index is 2.37. The summed E-state index contributed by atoms with van der Waals surface area (Å²) in [6.07, 6.45) is 10.7. The minimum absolute atomic E-state index is 0.607. The summed E-state index contributed by atoms with van der Waals surface area (Å²) in [5, 5.41) is 0. The van der Waals surface area contributed by atoms with E-state index in [4.69, 9.17) is 27.1 Å². The van der Waals surface area contributed by atoms with Gasteiger partial charge in [-0.2, -0.15) is 0 Å². The Morgan fingerprint density at radius 2 is 0.952 bits per heavy atom.